The summed E-state index contributed by atoms with van der Waals surface area (Å²) in [4.78, 5) is 13.7. The van der Waals surface area contributed by atoms with Crippen LogP contribution in [0.15, 0.2) is 48.5 Å². The van der Waals surface area contributed by atoms with Crippen LogP contribution >= 0.6 is 0 Å². The van der Waals surface area contributed by atoms with E-state index in [1.807, 2.05) is 30.3 Å². The number of nitrogens with one attached hydrogen (secondary N) is 1. The van der Waals surface area contributed by atoms with Gasteiger partial charge in [-0.1, -0.05) is 30.3 Å². The van der Waals surface area contributed by atoms with Gasteiger partial charge in [0.1, 0.15) is 11.5 Å². The van der Waals surface area contributed by atoms with E-state index < -0.39 is 6.36 Å². The summed E-state index contributed by atoms with van der Waals surface area (Å²) in [7, 11) is 2.82. The van der Waals surface area contributed by atoms with E-state index in [1.165, 1.54) is 32.4 Å². The number of carbonyl (C=O) groups is 1. The Morgan fingerprint density at radius 2 is 1.90 bits per heavy atom. The summed E-state index contributed by atoms with van der Waals surface area (Å²) in [6.07, 6.45) is -4.48. The Labute approximate surface area is 178 Å². The van der Waals surface area contributed by atoms with Crippen molar-refractivity contribution >= 4 is 6.09 Å². The highest BCUT2D eigenvalue weighted by molar-refractivity contribution is 5.67. The van der Waals surface area contributed by atoms with Gasteiger partial charge in [-0.05, 0) is 30.2 Å². The van der Waals surface area contributed by atoms with Crippen LogP contribution in [0.5, 0.6) is 11.5 Å². The second-order valence-electron chi connectivity index (χ2n) is 7.23. The van der Waals surface area contributed by atoms with Crippen molar-refractivity contribution in [1.82, 2.24) is 10.2 Å². The first-order valence-electron chi connectivity index (χ1n) is 9.84. The lowest BCUT2D eigenvalue weighted by Crippen LogP contribution is -2.49. The molecule has 31 heavy (non-hydrogen) atoms. The van der Waals surface area contributed by atoms with E-state index in [0.29, 0.717) is 30.8 Å². The molecule has 1 aliphatic rings. The van der Waals surface area contributed by atoms with Gasteiger partial charge >= 0.3 is 12.5 Å². The molecule has 2 atom stereocenters. The number of amides is 1. The van der Waals surface area contributed by atoms with E-state index in [-0.39, 0.29) is 30.3 Å². The zero-order valence-electron chi connectivity index (χ0n) is 17.3. The molecule has 1 amide bonds. The molecule has 1 heterocycles. The van der Waals surface area contributed by atoms with Gasteiger partial charge in [-0.3, -0.25) is 0 Å². The van der Waals surface area contributed by atoms with Crippen LogP contribution in [-0.4, -0.2) is 50.7 Å². The lowest BCUT2D eigenvalue weighted by atomic mass is 9.86. The fourth-order valence-corrected chi connectivity index (χ4v) is 3.86. The molecular formula is C22H25F3N2O4. The topological polar surface area (TPSA) is 60.0 Å². The maximum absolute atomic E-state index is 12.6. The molecule has 0 unspecified atom stereocenters. The van der Waals surface area contributed by atoms with Gasteiger partial charge < -0.3 is 24.4 Å². The van der Waals surface area contributed by atoms with Gasteiger partial charge in [0, 0.05) is 37.2 Å². The summed E-state index contributed by atoms with van der Waals surface area (Å²) < 4.78 is 52.0. The molecular weight excluding hydrogens is 413 g/mol. The first kappa shape index (κ1) is 22.7. The molecule has 0 saturated carbocycles. The van der Waals surface area contributed by atoms with E-state index in [0.717, 1.165) is 5.56 Å². The van der Waals surface area contributed by atoms with Crippen molar-refractivity contribution in [2.24, 2.45) is 0 Å². The minimum absolute atomic E-state index is 0.000188. The normalized spacial score (nSPS) is 19.1. The summed E-state index contributed by atoms with van der Waals surface area (Å²) in [5.41, 5.74) is 1.61. The largest absolute Gasteiger partial charge is 0.573 e. The van der Waals surface area contributed by atoms with Gasteiger partial charge in [-0.25, -0.2) is 4.79 Å². The minimum Gasteiger partial charge on any atom is -0.496 e. The van der Waals surface area contributed by atoms with E-state index in [1.54, 1.807) is 4.90 Å². The Morgan fingerprint density at radius 1 is 1.16 bits per heavy atom. The molecule has 0 bridgehead atoms. The van der Waals surface area contributed by atoms with Gasteiger partial charge in [0.25, 0.3) is 0 Å². The first-order chi connectivity index (χ1) is 14.8. The summed E-state index contributed by atoms with van der Waals surface area (Å²) in [5, 5.41) is 3.43. The fraction of sp³-hybridized carbons (Fsp3) is 0.409. The van der Waals surface area contributed by atoms with E-state index in [9.17, 15) is 18.0 Å². The molecule has 6 nitrogen and oxygen atoms in total. The highest BCUT2D eigenvalue weighted by atomic mass is 19.4. The molecule has 0 radical (unpaired) electrons. The van der Waals surface area contributed by atoms with Crippen molar-refractivity contribution < 1.29 is 32.2 Å². The maximum Gasteiger partial charge on any atom is 0.573 e. The summed E-state index contributed by atoms with van der Waals surface area (Å²) in [6, 6.07) is 13.8. The molecule has 0 aliphatic carbocycles. The van der Waals surface area contributed by atoms with Crippen LogP contribution in [0, 0.1) is 0 Å². The lowest BCUT2D eigenvalue weighted by Gasteiger charge is -2.38. The number of nitrogens with zero attached hydrogens (tertiary/aromatic N) is 1. The van der Waals surface area contributed by atoms with E-state index >= 15 is 0 Å². The summed E-state index contributed by atoms with van der Waals surface area (Å²) in [6.45, 7) is 1.27. The number of halogens is 3. The number of ether oxygens (including phenoxy) is 3. The average Bonchev–Trinajstić information content (AvgIpc) is 2.76. The Kier molecular flexibility index (Phi) is 7.27. The van der Waals surface area contributed by atoms with Crippen molar-refractivity contribution in [3.8, 4) is 11.5 Å². The number of rotatable bonds is 6. The summed E-state index contributed by atoms with van der Waals surface area (Å²) in [5.74, 6) is 0.158. The fourth-order valence-electron chi connectivity index (χ4n) is 3.86. The molecule has 1 fully saturated rings. The molecule has 2 aromatic carbocycles. The molecule has 1 saturated heterocycles. The molecule has 3 rings (SSSR count). The third kappa shape index (κ3) is 6.04. The van der Waals surface area contributed by atoms with Gasteiger partial charge in [0.2, 0.25) is 0 Å². The molecule has 0 spiro atoms. The quantitative estimate of drug-likeness (QED) is 0.729. The second-order valence-corrected chi connectivity index (χ2v) is 7.23. The highest BCUT2D eigenvalue weighted by Crippen LogP contribution is 2.31. The van der Waals surface area contributed by atoms with Gasteiger partial charge in [-0.15, -0.1) is 13.2 Å². The SMILES string of the molecule is COC(=O)N1CC[C@H](NCc2cc(OC(F)(F)F)ccc2OC)[C@H](c2ccccc2)C1. The van der Waals surface area contributed by atoms with Crippen molar-refractivity contribution in [2.45, 2.75) is 31.3 Å². The molecule has 9 heteroatoms. The monoisotopic (exact) mass is 438 g/mol. The van der Waals surface area contributed by atoms with E-state index in [2.05, 4.69) is 10.1 Å². The second kappa shape index (κ2) is 9.91. The van der Waals surface area contributed by atoms with Crippen LogP contribution in [0.2, 0.25) is 0 Å². The Hall–Kier alpha value is -2.94. The minimum atomic E-state index is -4.77. The van der Waals surface area contributed by atoms with Crippen molar-refractivity contribution in [1.29, 1.82) is 0 Å². The van der Waals surface area contributed by atoms with Crippen molar-refractivity contribution in [3.05, 3.63) is 59.7 Å². The van der Waals surface area contributed by atoms with E-state index in [4.69, 9.17) is 9.47 Å². The number of hydrogen-bond donors (Lipinski definition) is 1. The van der Waals surface area contributed by atoms with Crippen LogP contribution < -0.4 is 14.8 Å². The smallest absolute Gasteiger partial charge is 0.496 e. The van der Waals surface area contributed by atoms with Gasteiger partial charge in [-0.2, -0.15) is 0 Å². The molecule has 2 aromatic rings. The van der Waals surface area contributed by atoms with Crippen molar-refractivity contribution in [3.63, 3.8) is 0 Å². The predicted molar refractivity (Wildman–Crippen MR) is 108 cm³/mol. The Balaban J connectivity index is 1.77. The first-order valence-corrected chi connectivity index (χ1v) is 9.84. The molecule has 0 aromatic heterocycles. The average molecular weight is 438 g/mol. The van der Waals surface area contributed by atoms with Crippen molar-refractivity contribution in [2.75, 3.05) is 27.3 Å². The van der Waals surface area contributed by atoms with Crippen LogP contribution in [0.1, 0.15) is 23.5 Å². The Bertz CT molecular complexity index is 877. The van der Waals surface area contributed by atoms with Gasteiger partial charge in [0.05, 0.1) is 14.2 Å². The number of methoxy groups -OCH3 is 2. The molecule has 1 aliphatic heterocycles. The predicted octanol–water partition coefficient (Wildman–Crippen LogP) is 4.31. The number of hydrogen-bond acceptors (Lipinski definition) is 5. The zero-order chi connectivity index (χ0) is 22.4. The zero-order valence-corrected chi connectivity index (χ0v) is 17.3. The number of benzene rings is 2. The Morgan fingerprint density at radius 3 is 2.55 bits per heavy atom. The lowest BCUT2D eigenvalue weighted by molar-refractivity contribution is -0.274. The third-order valence-electron chi connectivity index (χ3n) is 5.31. The van der Waals surface area contributed by atoms with Crippen LogP contribution in [0.3, 0.4) is 0 Å². The highest BCUT2D eigenvalue weighted by Gasteiger charge is 2.33. The number of piperidine rings is 1. The molecule has 1 N–H and O–H groups in total. The number of alkyl halides is 3. The standard InChI is InChI=1S/C22H25F3N2O4/c1-29-20-9-8-17(31-22(23,24)25)12-16(20)13-26-19-10-11-27(21(28)30-2)14-18(19)15-6-4-3-5-7-15/h3-9,12,18-19,26H,10-11,13-14H2,1-2H3/t18-,19-/m0/s1. The third-order valence-corrected chi connectivity index (χ3v) is 5.31. The molecule has 168 valence electrons. The van der Waals surface area contributed by atoms with Crippen LogP contribution in [-0.2, 0) is 11.3 Å². The van der Waals surface area contributed by atoms with Crippen LogP contribution in [0.4, 0.5) is 18.0 Å². The number of likely N-dealkylation sites (tertiary alicyclic amines) is 1. The number of carbonyl (C=O) groups excluding carboxylic acids is 1. The maximum atomic E-state index is 12.6. The van der Waals surface area contributed by atoms with Gasteiger partial charge in [0.15, 0.2) is 0 Å². The van der Waals surface area contributed by atoms with Crippen LogP contribution in [0.25, 0.3) is 0 Å². The summed E-state index contributed by atoms with van der Waals surface area (Å²) >= 11 is 0.